The highest BCUT2D eigenvalue weighted by Gasteiger charge is 2.10. The second-order valence-electron chi connectivity index (χ2n) is 4.12. The molecule has 0 saturated carbocycles. The third-order valence-electron chi connectivity index (χ3n) is 2.07. The molecule has 0 heterocycles. The van der Waals surface area contributed by atoms with Gasteiger partial charge in [0.2, 0.25) is 0 Å². The van der Waals surface area contributed by atoms with Gasteiger partial charge in [-0.15, -0.1) is 0 Å². The van der Waals surface area contributed by atoms with E-state index in [0.29, 0.717) is 18.0 Å². The number of rotatable bonds is 3. The van der Waals surface area contributed by atoms with E-state index >= 15 is 0 Å². The van der Waals surface area contributed by atoms with Gasteiger partial charge in [0.15, 0.2) is 0 Å². The Hall–Kier alpha value is -1.51. The zero-order chi connectivity index (χ0) is 11.4. The summed E-state index contributed by atoms with van der Waals surface area (Å²) in [6.07, 6.45) is 0. The second-order valence-corrected chi connectivity index (χ2v) is 4.12. The van der Waals surface area contributed by atoms with Crippen LogP contribution >= 0.6 is 0 Å². The van der Waals surface area contributed by atoms with Crippen LogP contribution in [0, 0.1) is 12.8 Å². The average Bonchev–Trinajstić information content (AvgIpc) is 2.14. The van der Waals surface area contributed by atoms with Crippen molar-refractivity contribution in [3.8, 4) is 5.75 Å². The van der Waals surface area contributed by atoms with E-state index in [-0.39, 0.29) is 11.7 Å². The van der Waals surface area contributed by atoms with Crippen LogP contribution in [0.15, 0.2) is 18.2 Å². The minimum absolute atomic E-state index is 0.0382. The summed E-state index contributed by atoms with van der Waals surface area (Å²) in [7, 11) is 0. The van der Waals surface area contributed by atoms with Gasteiger partial charge < -0.3 is 10.4 Å². The summed E-state index contributed by atoms with van der Waals surface area (Å²) in [6, 6.07) is 5.04. The van der Waals surface area contributed by atoms with Gasteiger partial charge in [0.25, 0.3) is 5.91 Å². The number of benzene rings is 1. The topological polar surface area (TPSA) is 49.3 Å². The predicted octanol–water partition coefficient (Wildman–Crippen LogP) is 2.09. The number of nitrogens with one attached hydrogen (secondary N) is 1. The quantitative estimate of drug-likeness (QED) is 0.797. The average molecular weight is 207 g/mol. The van der Waals surface area contributed by atoms with Gasteiger partial charge in [-0.05, 0) is 30.5 Å². The zero-order valence-electron chi connectivity index (χ0n) is 9.37. The number of carbonyl (C=O) groups is 1. The van der Waals surface area contributed by atoms with Gasteiger partial charge in [0, 0.05) is 6.54 Å². The van der Waals surface area contributed by atoms with Gasteiger partial charge in [0.05, 0.1) is 5.56 Å². The van der Waals surface area contributed by atoms with Crippen LogP contribution in [0.25, 0.3) is 0 Å². The largest absolute Gasteiger partial charge is 0.507 e. The molecule has 0 aliphatic heterocycles. The Kier molecular flexibility index (Phi) is 3.72. The highest BCUT2D eigenvalue weighted by Crippen LogP contribution is 2.18. The summed E-state index contributed by atoms with van der Waals surface area (Å²) >= 11 is 0. The zero-order valence-corrected chi connectivity index (χ0v) is 9.37. The Labute approximate surface area is 90.1 Å². The Morgan fingerprint density at radius 2 is 2.13 bits per heavy atom. The monoisotopic (exact) mass is 207 g/mol. The fourth-order valence-electron chi connectivity index (χ4n) is 1.23. The third kappa shape index (κ3) is 3.27. The van der Waals surface area contributed by atoms with Crippen molar-refractivity contribution >= 4 is 5.91 Å². The molecular formula is C12H17NO2. The lowest BCUT2D eigenvalue weighted by atomic mass is 10.1. The Bertz CT molecular complexity index is 359. The number of aryl methyl sites for hydroxylation is 1. The molecule has 0 aliphatic rings. The summed E-state index contributed by atoms with van der Waals surface area (Å²) in [6.45, 7) is 6.53. The van der Waals surface area contributed by atoms with Crippen LogP contribution in [0.3, 0.4) is 0 Å². The van der Waals surface area contributed by atoms with Crippen LogP contribution in [0.2, 0.25) is 0 Å². The molecule has 0 saturated heterocycles. The van der Waals surface area contributed by atoms with Crippen molar-refractivity contribution < 1.29 is 9.90 Å². The smallest absolute Gasteiger partial charge is 0.255 e. The number of phenols is 1. The van der Waals surface area contributed by atoms with Crippen LogP contribution in [-0.2, 0) is 0 Å². The van der Waals surface area contributed by atoms with Gasteiger partial charge >= 0.3 is 0 Å². The van der Waals surface area contributed by atoms with E-state index in [4.69, 9.17) is 0 Å². The second kappa shape index (κ2) is 4.82. The molecule has 1 aromatic rings. The third-order valence-corrected chi connectivity index (χ3v) is 2.07. The molecule has 0 aromatic heterocycles. The van der Waals surface area contributed by atoms with Crippen LogP contribution in [0.1, 0.15) is 29.8 Å². The van der Waals surface area contributed by atoms with Crippen LogP contribution < -0.4 is 5.32 Å². The van der Waals surface area contributed by atoms with E-state index in [9.17, 15) is 9.90 Å². The molecule has 0 unspecified atom stereocenters. The van der Waals surface area contributed by atoms with Gasteiger partial charge in [0.1, 0.15) is 5.75 Å². The van der Waals surface area contributed by atoms with Gasteiger partial charge in [-0.1, -0.05) is 19.9 Å². The van der Waals surface area contributed by atoms with E-state index < -0.39 is 0 Å². The molecule has 0 bridgehead atoms. The van der Waals surface area contributed by atoms with E-state index in [1.807, 2.05) is 26.8 Å². The van der Waals surface area contributed by atoms with E-state index in [1.165, 1.54) is 0 Å². The molecule has 0 spiro atoms. The van der Waals surface area contributed by atoms with Crippen molar-refractivity contribution in [2.24, 2.45) is 5.92 Å². The molecule has 0 fully saturated rings. The van der Waals surface area contributed by atoms with Crippen LogP contribution in [0.4, 0.5) is 0 Å². The summed E-state index contributed by atoms with van der Waals surface area (Å²) in [5, 5.41) is 12.3. The SMILES string of the molecule is Cc1ccc(C(=O)NCC(C)C)c(O)c1. The number of hydrogen-bond acceptors (Lipinski definition) is 2. The van der Waals surface area contributed by atoms with Crippen LogP contribution in [0.5, 0.6) is 5.75 Å². The van der Waals surface area contributed by atoms with Gasteiger partial charge in [-0.25, -0.2) is 0 Å². The minimum atomic E-state index is -0.221. The first-order chi connectivity index (χ1) is 7.00. The molecule has 0 aliphatic carbocycles. The van der Waals surface area contributed by atoms with Crippen LogP contribution in [-0.4, -0.2) is 17.6 Å². The Morgan fingerprint density at radius 1 is 1.47 bits per heavy atom. The molecular weight excluding hydrogens is 190 g/mol. The molecule has 0 atom stereocenters. The molecule has 2 N–H and O–H groups in total. The minimum Gasteiger partial charge on any atom is -0.507 e. The van der Waals surface area contributed by atoms with Crippen molar-refractivity contribution in [1.29, 1.82) is 0 Å². The summed E-state index contributed by atoms with van der Waals surface area (Å²) in [5.41, 5.74) is 1.27. The highest BCUT2D eigenvalue weighted by molar-refractivity contribution is 5.96. The lowest BCUT2D eigenvalue weighted by Crippen LogP contribution is -2.27. The maximum Gasteiger partial charge on any atom is 0.255 e. The van der Waals surface area contributed by atoms with Crippen molar-refractivity contribution in [1.82, 2.24) is 5.32 Å². The Balaban J connectivity index is 2.74. The number of carbonyl (C=O) groups excluding carboxylic acids is 1. The predicted molar refractivity (Wildman–Crippen MR) is 60.0 cm³/mol. The fourth-order valence-corrected chi connectivity index (χ4v) is 1.23. The normalized spacial score (nSPS) is 10.4. The maximum atomic E-state index is 11.6. The maximum absolute atomic E-state index is 11.6. The molecule has 1 rings (SSSR count). The van der Waals surface area contributed by atoms with Crippen molar-refractivity contribution in [2.75, 3.05) is 6.54 Å². The Morgan fingerprint density at radius 3 is 2.67 bits per heavy atom. The molecule has 82 valence electrons. The highest BCUT2D eigenvalue weighted by atomic mass is 16.3. The van der Waals surface area contributed by atoms with E-state index in [2.05, 4.69) is 5.32 Å². The summed E-state index contributed by atoms with van der Waals surface area (Å²) < 4.78 is 0. The number of aromatic hydroxyl groups is 1. The first-order valence-electron chi connectivity index (χ1n) is 5.08. The molecule has 3 nitrogen and oxygen atoms in total. The van der Waals surface area contributed by atoms with Crippen molar-refractivity contribution in [3.63, 3.8) is 0 Å². The molecule has 3 heteroatoms. The van der Waals surface area contributed by atoms with Gasteiger partial charge in [-0.3, -0.25) is 4.79 Å². The number of amides is 1. The fraction of sp³-hybridized carbons (Fsp3) is 0.417. The summed E-state index contributed by atoms with van der Waals surface area (Å²) in [4.78, 5) is 11.6. The van der Waals surface area contributed by atoms with Crippen molar-refractivity contribution in [2.45, 2.75) is 20.8 Å². The molecule has 15 heavy (non-hydrogen) atoms. The summed E-state index contributed by atoms with van der Waals surface area (Å²) in [5.74, 6) is 0.221. The lowest BCUT2D eigenvalue weighted by Gasteiger charge is -2.09. The number of phenolic OH excluding ortho intramolecular Hbond substituents is 1. The van der Waals surface area contributed by atoms with E-state index in [0.717, 1.165) is 5.56 Å². The van der Waals surface area contributed by atoms with Crippen molar-refractivity contribution in [3.05, 3.63) is 29.3 Å². The van der Waals surface area contributed by atoms with E-state index in [1.54, 1.807) is 12.1 Å². The van der Waals surface area contributed by atoms with Gasteiger partial charge in [-0.2, -0.15) is 0 Å². The molecule has 1 aromatic carbocycles. The first kappa shape index (κ1) is 11.6. The lowest BCUT2D eigenvalue weighted by molar-refractivity contribution is 0.0946. The molecule has 0 radical (unpaired) electrons. The number of hydrogen-bond donors (Lipinski definition) is 2. The standard InChI is InChI=1S/C12H17NO2/c1-8(2)7-13-12(15)10-5-4-9(3)6-11(10)14/h4-6,8,14H,7H2,1-3H3,(H,13,15). The molecule has 1 amide bonds. The first-order valence-corrected chi connectivity index (χ1v) is 5.08.